The van der Waals surface area contributed by atoms with Crippen LogP contribution in [0.15, 0.2) is 0 Å². The predicted molar refractivity (Wildman–Crippen MR) is 47.9 cm³/mol. The van der Waals surface area contributed by atoms with E-state index in [-0.39, 0.29) is 6.61 Å². The van der Waals surface area contributed by atoms with Crippen LogP contribution in [0.5, 0.6) is 0 Å². The molecular formula is C9H19NO2. The fraction of sp³-hybridized carbons (Fsp3) is 1.00. The van der Waals surface area contributed by atoms with Gasteiger partial charge in [0.2, 0.25) is 0 Å². The fourth-order valence-electron chi connectivity index (χ4n) is 1.73. The molecular weight excluding hydrogens is 154 g/mol. The molecule has 1 aliphatic rings. The minimum absolute atomic E-state index is 0.141. The van der Waals surface area contributed by atoms with Crippen LogP contribution in [0.3, 0.4) is 0 Å². The summed E-state index contributed by atoms with van der Waals surface area (Å²) in [6, 6.07) is 0. The van der Waals surface area contributed by atoms with Crippen molar-refractivity contribution in [3.05, 3.63) is 0 Å². The lowest BCUT2D eigenvalue weighted by atomic mass is 10.1. The molecule has 0 unspecified atom stereocenters. The van der Waals surface area contributed by atoms with Crippen molar-refractivity contribution in [3.63, 3.8) is 0 Å². The molecule has 0 spiro atoms. The first kappa shape index (κ1) is 9.96. The van der Waals surface area contributed by atoms with Gasteiger partial charge >= 0.3 is 0 Å². The second-order valence-corrected chi connectivity index (χ2v) is 3.65. The molecule has 0 saturated heterocycles. The lowest BCUT2D eigenvalue weighted by molar-refractivity contribution is 0.0936. The summed E-state index contributed by atoms with van der Waals surface area (Å²) in [6.45, 7) is 1.38. The molecule has 0 aliphatic heterocycles. The molecule has 12 heavy (non-hydrogen) atoms. The molecule has 3 N–H and O–H groups in total. The molecule has 0 aromatic heterocycles. The van der Waals surface area contributed by atoms with Crippen LogP contribution in [0.1, 0.15) is 25.7 Å². The predicted octanol–water partition coefficient (Wildman–Crippen LogP) is 0.119. The average molecular weight is 173 g/mol. The third kappa shape index (κ3) is 3.52. The summed E-state index contributed by atoms with van der Waals surface area (Å²) in [7, 11) is 0. The van der Waals surface area contributed by atoms with Gasteiger partial charge in [-0.2, -0.15) is 0 Å². The van der Waals surface area contributed by atoms with Crippen LogP contribution in [0.2, 0.25) is 0 Å². The van der Waals surface area contributed by atoms with Gasteiger partial charge in [0.05, 0.1) is 12.7 Å². The van der Waals surface area contributed by atoms with Crippen molar-refractivity contribution in [3.8, 4) is 0 Å². The first-order chi connectivity index (χ1) is 5.83. The van der Waals surface area contributed by atoms with Gasteiger partial charge in [-0.1, -0.05) is 12.8 Å². The summed E-state index contributed by atoms with van der Waals surface area (Å²) in [5.74, 6) is 0.802. The van der Waals surface area contributed by atoms with E-state index in [1.54, 1.807) is 0 Å². The van der Waals surface area contributed by atoms with Crippen LogP contribution in [-0.4, -0.2) is 36.0 Å². The maximum absolute atomic E-state index is 9.02. The molecule has 1 aliphatic carbocycles. The van der Waals surface area contributed by atoms with Crippen LogP contribution < -0.4 is 5.32 Å². The van der Waals surface area contributed by atoms with Crippen molar-refractivity contribution in [2.24, 2.45) is 5.92 Å². The van der Waals surface area contributed by atoms with Gasteiger partial charge in [-0.25, -0.2) is 0 Å². The second kappa shape index (κ2) is 5.51. The molecule has 0 radical (unpaired) electrons. The zero-order chi connectivity index (χ0) is 8.81. The fourth-order valence-corrected chi connectivity index (χ4v) is 1.73. The molecule has 1 atom stereocenters. The summed E-state index contributed by atoms with van der Waals surface area (Å²) in [5.41, 5.74) is 0. The normalized spacial score (nSPS) is 21.5. The number of hydrogen-bond donors (Lipinski definition) is 3. The minimum atomic E-state index is -0.591. The maximum atomic E-state index is 9.02. The van der Waals surface area contributed by atoms with Gasteiger partial charge in [-0.05, 0) is 25.3 Å². The Bertz CT molecular complexity index is 113. The van der Waals surface area contributed by atoms with Crippen molar-refractivity contribution in [1.82, 2.24) is 5.32 Å². The molecule has 3 nitrogen and oxygen atoms in total. The van der Waals surface area contributed by atoms with Crippen LogP contribution in [-0.2, 0) is 0 Å². The van der Waals surface area contributed by atoms with Crippen molar-refractivity contribution < 1.29 is 10.2 Å². The van der Waals surface area contributed by atoms with Gasteiger partial charge in [0.1, 0.15) is 0 Å². The van der Waals surface area contributed by atoms with Gasteiger partial charge in [0, 0.05) is 6.54 Å². The van der Waals surface area contributed by atoms with E-state index >= 15 is 0 Å². The molecule has 1 saturated carbocycles. The molecule has 0 aromatic carbocycles. The zero-order valence-electron chi connectivity index (χ0n) is 7.50. The number of nitrogens with one attached hydrogen (secondary N) is 1. The summed E-state index contributed by atoms with van der Waals surface area (Å²) >= 11 is 0. The Labute approximate surface area is 73.8 Å². The zero-order valence-corrected chi connectivity index (χ0v) is 7.50. The highest BCUT2D eigenvalue weighted by molar-refractivity contribution is 4.70. The van der Waals surface area contributed by atoms with Crippen LogP contribution in [0.25, 0.3) is 0 Å². The standard InChI is InChI=1S/C9H19NO2/c11-7-9(12)6-10-5-8-3-1-2-4-8/h8-12H,1-7H2/t9-/m0/s1. The van der Waals surface area contributed by atoms with Gasteiger partial charge < -0.3 is 15.5 Å². The third-order valence-corrected chi connectivity index (χ3v) is 2.50. The van der Waals surface area contributed by atoms with E-state index in [1.165, 1.54) is 25.7 Å². The van der Waals surface area contributed by atoms with Crippen LogP contribution >= 0.6 is 0 Å². The molecule has 1 fully saturated rings. The highest BCUT2D eigenvalue weighted by Gasteiger charge is 2.14. The molecule has 1 rings (SSSR count). The molecule has 3 heteroatoms. The smallest absolute Gasteiger partial charge is 0.0894 e. The third-order valence-electron chi connectivity index (χ3n) is 2.50. The Hall–Kier alpha value is -0.120. The SMILES string of the molecule is OC[C@@H](O)CNCC1CCCC1. The Kier molecular flexibility index (Phi) is 4.58. The highest BCUT2D eigenvalue weighted by Crippen LogP contribution is 2.23. The molecule has 72 valence electrons. The lowest BCUT2D eigenvalue weighted by Crippen LogP contribution is -2.32. The molecule has 0 heterocycles. The summed E-state index contributed by atoms with van der Waals surface area (Å²) in [6.07, 6.45) is 4.76. The maximum Gasteiger partial charge on any atom is 0.0894 e. The van der Waals surface area contributed by atoms with Crippen molar-refractivity contribution in [2.45, 2.75) is 31.8 Å². The van der Waals surface area contributed by atoms with Crippen LogP contribution in [0, 0.1) is 5.92 Å². The topological polar surface area (TPSA) is 52.5 Å². The Balaban J connectivity index is 1.94. The highest BCUT2D eigenvalue weighted by atomic mass is 16.3. The second-order valence-electron chi connectivity index (χ2n) is 3.65. The van der Waals surface area contributed by atoms with E-state index in [9.17, 15) is 0 Å². The van der Waals surface area contributed by atoms with E-state index in [1.807, 2.05) is 0 Å². The van der Waals surface area contributed by atoms with Crippen LogP contribution in [0.4, 0.5) is 0 Å². The van der Waals surface area contributed by atoms with Gasteiger partial charge in [0.25, 0.3) is 0 Å². The van der Waals surface area contributed by atoms with E-state index < -0.39 is 6.10 Å². The molecule has 0 aromatic rings. The largest absolute Gasteiger partial charge is 0.394 e. The van der Waals surface area contributed by atoms with E-state index in [0.717, 1.165) is 12.5 Å². The van der Waals surface area contributed by atoms with E-state index in [2.05, 4.69) is 5.32 Å². The summed E-state index contributed by atoms with van der Waals surface area (Å²) < 4.78 is 0. The first-order valence-electron chi connectivity index (χ1n) is 4.82. The monoisotopic (exact) mass is 173 g/mol. The minimum Gasteiger partial charge on any atom is -0.394 e. The van der Waals surface area contributed by atoms with Crippen molar-refractivity contribution in [2.75, 3.05) is 19.7 Å². The average Bonchev–Trinajstić information content (AvgIpc) is 2.57. The number of rotatable bonds is 5. The van der Waals surface area contributed by atoms with Crippen molar-refractivity contribution in [1.29, 1.82) is 0 Å². The van der Waals surface area contributed by atoms with E-state index in [4.69, 9.17) is 10.2 Å². The van der Waals surface area contributed by atoms with Gasteiger partial charge in [0.15, 0.2) is 0 Å². The number of aliphatic hydroxyl groups excluding tert-OH is 2. The van der Waals surface area contributed by atoms with Crippen molar-refractivity contribution >= 4 is 0 Å². The Morgan fingerprint density at radius 2 is 2.00 bits per heavy atom. The number of hydrogen-bond acceptors (Lipinski definition) is 3. The van der Waals surface area contributed by atoms with Gasteiger partial charge in [-0.3, -0.25) is 0 Å². The number of aliphatic hydroxyl groups is 2. The molecule has 0 amide bonds. The van der Waals surface area contributed by atoms with E-state index in [0.29, 0.717) is 6.54 Å². The Morgan fingerprint density at radius 3 is 2.58 bits per heavy atom. The molecule has 0 bridgehead atoms. The lowest BCUT2D eigenvalue weighted by Gasteiger charge is -2.12. The summed E-state index contributed by atoms with van der Waals surface area (Å²) in [4.78, 5) is 0. The van der Waals surface area contributed by atoms with Gasteiger partial charge in [-0.15, -0.1) is 0 Å². The first-order valence-corrected chi connectivity index (χ1v) is 4.82. The summed E-state index contributed by atoms with van der Waals surface area (Å²) in [5, 5.41) is 20.7. The Morgan fingerprint density at radius 1 is 1.33 bits per heavy atom. The quantitative estimate of drug-likeness (QED) is 0.553.